The topological polar surface area (TPSA) is 77.8 Å². The minimum absolute atomic E-state index is 0.437. The normalized spacial score (nSPS) is 13.6. The predicted molar refractivity (Wildman–Crippen MR) is 108 cm³/mol. The molecule has 28 heavy (non-hydrogen) atoms. The highest BCUT2D eigenvalue weighted by Crippen LogP contribution is 2.41. The van der Waals surface area contributed by atoms with E-state index in [0.29, 0.717) is 12.0 Å². The van der Waals surface area contributed by atoms with Crippen molar-refractivity contribution in [1.82, 2.24) is 24.5 Å². The molecule has 0 radical (unpaired) electrons. The molecule has 1 aliphatic carbocycles. The molecule has 3 heterocycles. The number of anilines is 2. The molecular weight excluding hydrogens is 352 g/mol. The summed E-state index contributed by atoms with van der Waals surface area (Å²) < 4.78 is 7.54. The van der Waals surface area contributed by atoms with E-state index in [-0.39, 0.29) is 0 Å². The highest BCUT2D eigenvalue weighted by molar-refractivity contribution is 5.81. The van der Waals surface area contributed by atoms with Gasteiger partial charge < -0.3 is 14.6 Å². The van der Waals surface area contributed by atoms with Crippen LogP contribution in [0.4, 0.5) is 11.6 Å². The van der Waals surface area contributed by atoms with Crippen molar-refractivity contribution >= 4 is 22.8 Å². The number of nitrogens with zero attached hydrogens (tertiary/aromatic N) is 5. The van der Waals surface area contributed by atoms with Crippen LogP contribution in [0, 0.1) is 6.92 Å². The monoisotopic (exact) mass is 372 g/mol. The summed E-state index contributed by atoms with van der Waals surface area (Å²) in [5, 5.41) is 3.29. The Morgan fingerprint density at radius 3 is 2.64 bits per heavy atom. The number of fused-ring (bicyclic) bond motifs is 1. The van der Waals surface area contributed by atoms with E-state index in [0.717, 1.165) is 52.5 Å². The third-order valence-electron chi connectivity index (χ3n) is 4.89. The number of benzene rings is 1. The van der Waals surface area contributed by atoms with Gasteiger partial charge in [0.1, 0.15) is 17.1 Å². The van der Waals surface area contributed by atoms with Gasteiger partial charge in [-0.2, -0.15) is 4.98 Å². The van der Waals surface area contributed by atoms with E-state index in [1.165, 1.54) is 0 Å². The average Bonchev–Trinajstić information content (AvgIpc) is 3.49. The molecule has 0 saturated heterocycles. The van der Waals surface area contributed by atoms with Gasteiger partial charge in [0.25, 0.3) is 0 Å². The minimum Gasteiger partial charge on any atom is -0.497 e. The Kier molecular flexibility index (Phi) is 3.93. The molecule has 0 aliphatic heterocycles. The van der Waals surface area contributed by atoms with Gasteiger partial charge in [-0.25, -0.2) is 9.97 Å². The van der Waals surface area contributed by atoms with Crippen molar-refractivity contribution in [3.63, 3.8) is 0 Å². The Morgan fingerprint density at radius 2 is 1.89 bits per heavy atom. The van der Waals surface area contributed by atoms with Crippen LogP contribution in [-0.4, -0.2) is 31.6 Å². The van der Waals surface area contributed by atoms with E-state index in [1.807, 2.05) is 43.3 Å². The highest BCUT2D eigenvalue weighted by atomic mass is 16.5. The first kappa shape index (κ1) is 16.7. The van der Waals surface area contributed by atoms with Gasteiger partial charge in [0.15, 0.2) is 5.65 Å². The summed E-state index contributed by atoms with van der Waals surface area (Å²) in [6, 6.07) is 12.1. The molecule has 0 amide bonds. The Bertz CT molecular complexity index is 1150. The van der Waals surface area contributed by atoms with Crippen LogP contribution >= 0.6 is 0 Å². The predicted octanol–water partition coefficient (Wildman–Crippen LogP) is 4.28. The Hall–Kier alpha value is -3.48. The van der Waals surface area contributed by atoms with Gasteiger partial charge >= 0.3 is 0 Å². The van der Waals surface area contributed by atoms with Gasteiger partial charge in [-0.05, 0) is 44.0 Å². The van der Waals surface area contributed by atoms with Crippen LogP contribution in [-0.2, 0) is 0 Å². The molecule has 0 unspecified atom stereocenters. The zero-order valence-electron chi connectivity index (χ0n) is 15.8. The van der Waals surface area contributed by atoms with Crippen molar-refractivity contribution in [2.45, 2.75) is 25.8 Å². The summed E-state index contributed by atoms with van der Waals surface area (Å²) in [7, 11) is 1.65. The van der Waals surface area contributed by atoms with Gasteiger partial charge in [-0.1, -0.05) is 6.07 Å². The first-order valence-corrected chi connectivity index (χ1v) is 9.31. The van der Waals surface area contributed by atoms with Crippen molar-refractivity contribution in [3.8, 4) is 17.1 Å². The molecule has 4 aromatic rings. The first-order valence-electron chi connectivity index (χ1n) is 9.31. The van der Waals surface area contributed by atoms with Crippen LogP contribution < -0.4 is 10.1 Å². The second-order valence-corrected chi connectivity index (χ2v) is 6.93. The van der Waals surface area contributed by atoms with Crippen molar-refractivity contribution in [1.29, 1.82) is 0 Å². The van der Waals surface area contributed by atoms with Gasteiger partial charge in [0.2, 0.25) is 5.95 Å². The number of pyridine rings is 1. The zero-order chi connectivity index (χ0) is 19.1. The Balaban J connectivity index is 1.62. The molecule has 1 aromatic carbocycles. The number of rotatable bonds is 5. The van der Waals surface area contributed by atoms with Crippen molar-refractivity contribution in [2.75, 3.05) is 12.4 Å². The fraction of sp³-hybridized carbons (Fsp3) is 0.238. The van der Waals surface area contributed by atoms with Gasteiger partial charge in [0, 0.05) is 35.8 Å². The lowest BCUT2D eigenvalue weighted by Gasteiger charge is -2.09. The molecule has 1 aliphatic rings. The second kappa shape index (κ2) is 6.60. The summed E-state index contributed by atoms with van der Waals surface area (Å²) in [5.41, 5.74) is 4.48. The number of hydrogen-bond acceptors (Lipinski definition) is 6. The van der Waals surface area contributed by atoms with Gasteiger partial charge in [-0.15, -0.1) is 0 Å². The molecule has 1 saturated carbocycles. The lowest BCUT2D eigenvalue weighted by atomic mass is 10.2. The van der Waals surface area contributed by atoms with Crippen molar-refractivity contribution in [2.24, 2.45) is 0 Å². The fourth-order valence-electron chi connectivity index (χ4n) is 3.38. The molecule has 0 atom stereocenters. The smallest absolute Gasteiger partial charge is 0.229 e. The van der Waals surface area contributed by atoms with Crippen LogP contribution in [0.2, 0.25) is 0 Å². The number of aryl methyl sites for hydroxylation is 1. The van der Waals surface area contributed by atoms with Gasteiger partial charge in [-0.3, -0.25) is 4.98 Å². The third kappa shape index (κ3) is 2.94. The number of methoxy groups -OCH3 is 1. The summed E-state index contributed by atoms with van der Waals surface area (Å²) in [6.07, 6.45) is 5.87. The maximum atomic E-state index is 5.30. The van der Waals surface area contributed by atoms with E-state index in [9.17, 15) is 0 Å². The number of aromatic nitrogens is 5. The number of ether oxygens (including phenoxy) is 1. The number of nitrogens with one attached hydrogen (secondary N) is 1. The van der Waals surface area contributed by atoms with Crippen LogP contribution in [0.25, 0.3) is 22.6 Å². The molecular formula is C21H20N6O. The van der Waals surface area contributed by atoms with Crippen LogP contribution in [0.1, 0.15) is 24.6 Å². The molecule has 7 heteroatoms. The summed E-state index contributed by atoms with van der Waals surface area (Å²) in [4.78, 5) is 18.4. The van der Waals surface area contributed by atoms with E-state index >= 15 is 0 Å². The quantitative estimate of drug-likeness (QED) is 0.563. The molecule has 0 spiro atoms. The standard InChI is InChI=1S/C21H20N6O/c1-13-18-20(26-21(23-13)24-15-4-3-5-17(12-15)28-2)27(16-6-7-16)19(25-18)14-8-10-22-11-9-14/h3-5,8-12,16H,6-7H2,1-2H3,(H,23,24,26). The fourth-order valence-corrected chi connectivity index (χ4v) is 3.38. The largest absolute Gasteiger partial charge is 0.497 e. The number of imidazole rings is 1. The van der Waals surface area contributed by atoms with E-state index in [2.05, 4.69) is 19.9 Å². The summed E-state index contributed by atoms with van der Waals surface area (Å²) in [5.74, 6) is 2.27. The van der Waals surface area contributed by atoms with Crippen LogP contribution in [0.3, 0.4) is 0 Å². The van der Waals surface area contributed by atoms with E-state index in [4.69, 9.17) is 14.7 Å². The molecule has 0 bridgehead atoms. The van der Waals surface area contributed by atoms with Crippen LogP contribution in [0.15, 0.2) is 48.8 Å². The average molecular weight is 372 g/mol. The SMILES string of the molecule is COc1cccc(Nc2nc(C)c3nc(-c4ccncc4)n(C4CC4)c3n2)c1. The van der Waals surface area contributed by atoms with Crippen molar-refractivity contribution in [3.05, 3.63) is 54.5 Å². The Labute approximate surface area is 162 Å². The third-order valence-corrected chi connectivity index (χ3v) is 4.89. The molecule has 1 N–H and O–H groups in total. The van der Waals surface area contributed by atoms with Crippen LogP contribution in [0.5, 0.6) is 5.75 Å². The lowest BCUT2D eigenvalue weighted by molar-refractivity contribution is 0.415. The summed E-state index contributed by atoms with van der Waals surface area (Å²) >= 11 is 0. The second-order valence-electron chi connectivity index (χ2n) is 6.93. The molecule has 3 aromatic heterocycles. The number of hydrogen-bond donors (Lipinski definition) is 1. The lowest BCUT2D eigenvalue weighted by Crippen LogP contribution is -2.03. The molecule has 5 rings (SSSR count). The summed E-state index contributed by atoms with van der Waals surface area (Å²) in [6.45, 7) is 1.97. The molecule has 7 nitrogen and oxygen atoms in total. The van der Waals surface area contributed by atoms with Crippen molar-refractivity contribution < 1.29 is 4.74 Å². The maximum absolute atomic E-state index is 5.30. The first-order chi connectivity index (χ1) is 13.7. The van der Waals surface area contributed by atoms with Gasteiger partial charge in [0.05, 0.1) is 12.8 Å². The van der Waals surface area contributed by atoms with E-state index in [1.54, 1.807) is 19.5 Å². The highest BCUT2D eigenvalue weighted by Gasteiger charge is 2.30. The zero-order valence-corrected chi connectivity index (χ0v) is 15.8. The minimum atomic E-state index is 0.437. The maximum Gasteiger partial charge on any atom is 0.229 e. The molecule has 1 fully saturated rings. The van der Waals surface area contributed by atoms with E-state index < -0.39 is 0 Å². The molecule has 140 valence electrons. The Morgan fingerprint density at radius 1 is 1.07 bits per heavy atom.